The van der Waals surface area contributed by atoms with Crippen LogP contribution in [0.2, 0.25) is 0 Å². The fraction of sp³-hybridized carbons (Fsp3) is 0.846. The molecule has 1 N–H and O–H groups in total. The largest absolute Gasteiger partial charge is 0.425 e. The molecular formula is C13H23N3O2. The van der Waals surface area contributed by atoms with Gasteiger partial charge in [0.25, 0.3) is 0 Å². The summed E-state index contributed by atoms with van der Waals surface area (Å²) in [4.78, 5) is 0. The minimum absolute atomic E-state index is 0.282. The van der Waals surface area contributed by atoms with Crippen molar-refractivity contribution in [3.63, 3.8) is 0 Å². The Morgan fingerprint density at radius 1 is 1.28 bits per heavy atom. The molecule has 5 heteroatoms. The number of nitrogens with zero attached hydrogens (tertiary/aromatic N) is 2. The van der Waals surface area contributed by atoms with Crippen LogP contribution >= 0.6 is 0 Å². The second-order valence-corrected chi connectivity index (χ2v) is 4.78. The van der Waals surface area contributed by atoms with E-state index in [-0.39, 0.29) is 6.10 Å². The zero-order valence-corrected chi connectivity index (χ0v) is 11.2. The molecule has 0 amide bonds. The van der Waals surface area contributed by atoms with Gasteiger partial charge in [-0.15, -0.1) is 10.2 Å². The molecule has 1 aromatic rings. The van der Waals surface area contributed by atoms with E-state index < -0.39 is 0 Å². The number of aryl methyl sites for hydroxylation is 1. The second kappa shape index (κ2) is 7.48. The van der Waals surface area contributed by atoms with Crippen molar-refractivity contribution in [2.75, 3.05) is 19.7 Å². The first-order chi connectivity index (χ1) is 8.88. The van der Waals surface area contributed by atoms with Crippen LogP contribution in [0.3, 0.4) is 0 Å². The highest BCUT2D eigenvalue weighted by Gasteiger charge is 2.19. The Bertz CT molecular complexity index is 335. The number of hydrogen-bond donors (Lipinski definition) is 1. The van der Waals surface area contributed by atoms with Crippen LogP contribution in [-0.2, 0) is 17.6 Å². The van der Waals surface area contributed by atoms with Gasteiger partial charge in [-0.25, -0.2) is 0 Å². The van der Waals surface area contributed by atoms with Gasteiger partial charge >= 0.3 is 0 Å². The molecule has 1 saturated heterocycles. The first kappa shape index (κ1) is 13.5. The Kier molecular flexibility index (Phi) is 5.61. The molecule has 0 saturated carbocycles. The van der Waals surface area contributed by atoms with Crippen LogP contribution in [0.1, 0.15) is 44.4 Å². The minimum atomic E-state index is 0.282. The molecule has 1 unspecified atom stereocenters. The molecule has 1 aromatic heterocycles. The van der Waals surface area contributed by atoms with Gasteiger partial charge in [-0.2, -0.15) is 0 Å². The van der Waals surface area contributed by atoms with E-state index in [0.29, 0.717) is 0 Å². The summed E-state index contributed by atoms with van der Waals surface area (Å²) in [6, 6.07) is 0. The van der Waals surface area contributed by atoms with Crippen molar-refractivity contribution >= 4 is 0 Å². The van der Waals surface area contributed by atoms with Gasteiger partial charge in [0.15, 0.2) is 0 Å². The van der Waals surface area contributed by atoms with Gasteiger partial charge < -0.3 is 14.5 Å². The van der Waals surface area contributed by atoms with Crippen molar-refractivity contribution in [3.8, 4) is 0 Å². The van der Waals surface area contributed by atoms with Crippen molar-refractivity contribution in [3.05, 3.63) is 11.8 Å². The van der Waals surface area contributed by atoms with Crippen molar-refractivity contribution in [1.29, 1.82) is 0 Å². The van der Waals surface area contributed by atoms with E-state index in [1.54, 1.807) is 0 Å². The van der Waals surface area contributed by atoms with E-state index in [2.05, 4.69) is 22.4 Å². The van der Waals surface area contributed by atoms with Gasteiger partial charge in [0.2, 0.25) is 11.8 Å². The van der Waals surface area contributed by atoms with Gasteiger partial charge in [-0.3, -0.25) is 0 Å². The fourth-order valence-electron chi connectivity index (χ4n) is 2.14. The Balaban J connectivity index is 1.65. The molecule has 1 fully saturated rings. The molecule has 0 aliphatic carbocycles. The minimum Gasteiger partial charge on any atom is -0.425 e. The number of rotatable bonds is 8. The fourth-order valence-corrected chi connectivity index (χ4v) is 2.14. The SMILES string of the molecule is CCCNCCCc1nnc(CC2CCCO2)o1. The molecule has 18 heavy (non-hydrogen) atoms. The summed E-state index contributed by atoms with van der Waals surface area (Å²) in [6.45, 7) is 5.13. The van der Waals surface area contributed by atoms with Crippen LogP contribution < -0.4 is 5.32 Å². The molecular weight excluding hydrogens is 230 g/mol. The van der Waals surface area contributed by atoms with Gasteiger partial charge in [0.1, 0.15) is 0 Å². The highest BCUT2D eigenvalue weighted by molar-refractivity contribution is 4.86. The zero-order valence-electron chi connectivity index (χ0n) is 11.2. The van der Waals surface area contributed by atoms with Crippen LogP contribution in [0.15, 0.2) is 4.42 Å². The highest BCUT2D eigenvalue weighted by atomic mass is 16.5. The van der Waals surface area contributed by atoms with E-state index in [1.807, 2.05) is 0 Å². The van der Waals surface area contributed by atoms with Crippen LogP contribution in [0.4, 0.5) is 0 Å². The van der Waals surface area contributed by atoms with Crippen LogP contribution in [0.5, 0.6) is 0 Å². The maximum atomic E-state index is 5.62. The normalized spacial score (nSPS) is 19.5. The van der Waals surface area contributed by atoms with E-state index >= 15 is 0 Å². The molecule has 5 nitrogen and oxygen atoms in total. The molecule has 0 spiro atoms. The van der Waals surface area contributed by atoms with Gasteiger partial charge in [-0.05, 0) is 38.8 Å². The lowest BCUT2D eigenvalue weighted by atomic mass is 10.2. The highest BCUT2D eigenvalue weighted by Crippen LogP contribution is 2.16. The molecule has 1 aliphatic rings. The molecule has 0 aromatic carbocycles. The van der Waals surface area contributed by atoms with Gasteiger partial charge in [0, 0.05) is 13.0 Å². The lowest BCUT2D eigenvalue weighted by Gasteiger charge is -2.04. The van der Waals surface area contributed by atoms with E-state index in [9.17, 15) is 0 Å². The summed E-state index contributed by atoms with van der Waals surface area (Å²) in [6.07, 6.45) is 6.38. The first-order valence-electron chi connectivity index (χ1n) is 7.02. The molecule has 1 aliphatic heterocycles. The first-order valence-corrected chi connectivity index (χ1v) is 7.02. The number of nitrogens with one attached hydrogen (secondary N) is 1. The summed E-state index contributed by atoms with van der Waals surface area (Å²) < 4.78 is 11.2. The van der Waals surface area contributed by atoms with E-state index in [4.69, 9.17) is 9.15 Å². The molecule has 2 heterocycles. The van der Waals surface area contributed by atoms with Crippen molar-refractivity contribution in [1.82, 2.24) is 15.5 Å². The topological polar surface area (TPSA) is 60.2 Å². The maximum absolute atomic E-state index is 5.62. The Hall–Kier alpha value is -0.940. The second-order valence-electron chi connectivity index (χ2n) is 4.78. The average molecular weight is 253 g/mol. The van der Waals surface area contributed by atoms with E-state index in [1.165, 1.54) is 6.42 Å². The maximum Gasteiger partial charge on any atom is 0.219 e. The Morgan fingerprint density at radius 3 is 2.94 bits per heavy atom. The molecule has 0 radical (unpaired) electrons. The lowest BCUT2D eigenvalue weighted by molar-refractivity contribution is 0.105. The van der Waals surface area contributed by atoms with Crippen LogP contribution in [0.25, 0.3) is 0 Å². The standard InChI is InChI=1S/C13H23N3O2/c1-2-7-14-8-3-6-12-15-16-13(18-12)10-11-5-4-9-17-11/h11,14H,2-10H2,1H3. The third-order valence-corrected chi connectivity index (χ3v) is 3.11. The molecule has 2 rings (SSSR count). The van der Waals surface area contributed by atoms with Crippen molar-refractivity contribution < 1.29 is 9.15 Å². The van der Waals surface area contributed by atoms with E-state index in [0.717, 1.165) is 63.6 Å². The summed E-state index contributed by atoms with van der Waals surface area (Å²) in [5.41, 5.74) is 0. The average Bonchev–Trinajstić information content (AvgIpc) is 3.02. The number of hydrogen-bond acceptors (Lipinski definition) is 5. The smallest absolute Gasteiger partial charge is 0.219 e. The summed E-state index contributed by atoms with van der Waals surface area (Å²) in [5.74, 6) is 1.47. The van der Waals surface area contributed by atoms with Gasteiger partial charge in [-0.1, -0.05) is 6.92 Å². The van der Waals surface area contributed by atoms with Gasteiger partial charge in [0.05, 0.1) is 12.5 Å². The molecule has 102 valence electrons. The van der Waals surface area contributed by atoms with Crippen molar-refractivity contribution in [2.45, 2.75) is 51.6 Å². The third kappa shape index (κ3) is 4.38. The predicted octanol–water partition coefficient (Wildman–Crippen LogP) is 1.72. The third-order valence-electron chi connectivity index (χ3n) is 3.11. The quantitative estimate of drug-likeness (QED) is 0.715. The van der Waals surface area contributed by atoms with Crippen LogP contribution in [0, 0.1) is 0 Å². The Labute approximate surface area is 108 Å². The number of aromatic nitrogens is 2. The predicted molar refractivity (Wildman–Crippen MR) is 68.5 cm³/mol. The number of ether oxygens (including phenoxy) is 1. The summed E-state index contributed by atoms with van der Waals surface area (Å²) in [5, 5.41) is 11.5. The molecule has 0 bridgehead atoms. The Morgan fingerprint density at radius 2 is 2.17 bits per heavy atom. The molecule has 1 atom stereocenters. The zero-order chi connectivity index (χ0) is 12.6. The summed E-state index contributed by atoms with van der Waals surface area (Å²) in [7, 11) is 0. The van der Waals surface area contributed by atoms with Crippen molar-refractivity contribution in [2.24, 2.45) is 0 Å². The monoisotopic (exact) mass is 253 g/mol. The summed E-state index contributed by atoms with van der Waals surface area (Å²) >= 11 is 0. The lowest BCUT2D eigenvalue weighted by Crippen LogP contribution is -2.16. The van der Waals surface area contributed by atoms with Crippen LogP contribution in [-0.4, -0.2) is 36.0 Å².